The summed E-state index contributed by atoms with van der Waals surface area (Å²) >= 11 is 10.5. The first-order valence-electron chi connectivity index (χ1n) is 5.98. The largest absolute Gasteiger partial charge is 0.398 e. The number of hydrogen-bond donors (Lipinski definition) is 1. The third-order valence-corrected chi connectivity index (χ3v) is 6.84. The SMILES string of the molecule is Cc1cc(Br)c(N)cc1S(=O)(=O)N(C)Cc1ccc(Cl)s1. The van der Waals surface area contributed by atoms with E-state index >= 15 is 0 Å². The fraction of sp³-hybridized carbons (Fsp3) is 0.231. The molecule has 1 aromatic heterocycles. The molecule has 2 aromatic rings. The first-order valence-corrected chi connectivity index (χ1v) is 9.40. The molecule has 0 fully saturated rings. The van der Waals surface area contributed by atoms with Crippen molar-refractivity contribution < 1.29 is 8.42 Å². The topological polar surface area (TPSA) is 63.4 Å². The number of anilines is 1. The van der Waals surface area contributed by atoms with Gasteiger partial charge in [-0.1, -0.05) is 11.6 Å². The Kier molecular flexibility index (Phi) is 4.99. The Morgan fingerprint density at radius 3 is 2.62 bits per heavy atom. The zero-order chi connectivity index (χ0) is 15.8. The molecule has 0 spiro atoms. The van der Waals surface area contributed by atoms with Gasteiger partial charge in [0.2, 0.25) is 10.0 Å². The molecule has 0 amide bonds. The average molecular weight is 410 g/mol. The highest BCUT2D eigenvalue weighted by atomic mass is 79.9. The van der Waals surface area contributed by atoms with Crippen molar-refractivity contribution in [2.75, 3.05) is 12.8 Å². The zero-order valence-electron chi connectivity index (χ0n) is 11.4. The van der Waals surface area contributed by atoms with E-state index in [1.165, 1.54) is 21.7 Å². The first-order chi connectivity index (χ1) is 9.71. The highest BCUT2D eigenvalue weighted by Crippen LogP contribution is 2.29. The van der Waals surface area contributed by atoms with Crippen LogP contribution >= 0.6 is 38.9 Å². The van der Waals surface area contributed by atoms with Crippen LogP contribution < -0.4 is 5.73 Å². The van der Waals surface area contributed by atoms with Crippen LogP contribution in [-0.2, 0) is 16.6 Å². The molecule has 0 aliphatic heterocycles. The second-order valence-electron chi connectivity index (χ2n) is 4.61. The van der Waals surface area contributed by atoms with Crippen molar-refractivity contribution in [3.63, 3.8) is 0 Å². The van der Waals surface area contributed by atoms with Gasteiger partial charge in [0.25, 0.3) is 0 Å². The Hall–Kier alpha value is -0.600. The van der Waals surface area contributed by atoms with E-state index in [2.05, 4.69) is 15.9 Å². The Balaban J connectivity index is 2.35. The monoisotopic (exact) mass is 408 g/mol. The predicted molar refractivity (Wildman–Crippen MR) is 91.3 cm³/mol. The number of halogens is 2. The maximum Gasteiger partial charge on any atom is 0.243 e. The van der Waals surface area contributed by atoms with Crippen LogP contribution in [0.25, 0.3) is 0 Å². The van der Waals surface area contributed by atoms with Gasteiger partial charge in [-0.3, -0.25) is 0 Å². The highest BCUT2D eigenvalue weighted by molar-refractivity contribution is 9.10. The van der Waals surface area contributed by atoms with Crippen LogP contribution in [0.15, 0.2) is 33.6 Å². The quantitative estimate of drug-likeness (QED) is 0.780. The van der Waals surface area contributed by atoms with Gasteiger partial charge in [-0.25, -0.2) is 8.42 Å². The van der Waals surface area contributed by atoms with Crippen LogP contribution in [-0.4, -0.2) is 19.8 Å². The summed E-state index contributed by atoms with van der Waals surface area (Å²) in [7, 11) is -2.06. The summed E-state index contributed by atoms with van der Waals surface area (Å²) in [4.78, 5) is 1.10. The van der Waals surface area contributed by atoms with Crippen molar-refractivity contribution in [3.05, 3.63) is 43.5 Å². The molecule has 0 saturated carbocycles. The number of benzene rings is 1. The molecule has 0 saturated heterocycles. The summed E-state index contributed by atoms with van der Waals surface area (Å²) in [5.41, 5.74) is 6.84. The molecule has 0 bridgehead atoms. The Bertz CT molecular complexity index is 774. The van der Waals surface area contributed by atoms with Gasteiger partial charge < -0.3 is 5.73 Å². The maximum absolute atomic E-state index is 12.7. The summed E-state index contributed by atoms with van der Waals surface area (Å²) in [6.45, 7) is 2.02. The molecule has 114 valence electrons. The van der Waals surface area contributed by atoms with Crippen LogP contribution in [0.2, 0.25) is 4.34 Å². The molecule has 0 aliphatic rings. The van der Waals surface area contributed by atoms with Crippen molar-refractivity contribution in [2.45, 2.75) is 18.4 Å². The van der Waals surface area contributed by atoms with Gasteiger partial charge in [0.15, 0.2) is 0 Å². The zero-order valence-corrected chi connectivity index (χ0v) is 15.4. The van der Waals surface area contributed by atoms with E-state index in [1.54, 1.807) is 26.1 Å². The average Bonchev–Trinajstić information content (AvgIpc) is 2.79. The molecule has 0 atom stereocenters. The van der Waals surface area contributed by atoms with Crippen molar-refractivity contribution in [1.82, 2.24) is 4.31 Å². The van der Waals surface area contributed by atoms with Gasteiger partial charge in [-0.2, -0.15) is 4.31 Å². The van der Waals surface area contributed by atoms with Gasteiger partial charge in [0.05, 0.1) is 9.23 Å². The van der Waals surface area contributed by atoms with E-state index in [1.807, 2.05) is 6.07 Å². The fourth-order valence-electron chi connectivity index (χ4n) is 1.86. The molecule has 0 unspecified atom stereocenters. The smallest absolute Gasteiger partial charge is 0.243 e. The number of nitrogens with two attached hydrogens (primary N) is 1. The molecular formula is C13H14BrClN2O2S2. The van der Waals surface area contributed by atoms with E-state index in [0.29, 0.717) is 20.1 Å². The molecule has 0 radical (unpaired) electrons. The van der Waals surface area contributed by atoms with Crippen molar-refractivity contribution in [3.8, 4) is 0 Å². The second-order valence-corrected chi connectivity index (χ2v) is 9.27. The molecule has 2 rings (SSSR count). The van der Waals surface area contributed by atoms with Gasteiger partial charge >= 0.3 is 0 Å². The maximum atomic E-state index is 12.7. The molecule has 21 heavy (non-hydrogen) atoms. The van der Waals surface area contributed by atoms with Crippen LogP contribution in [0.1, 0.15) is 10.4 Å². The van der Waals surface area contributed by atoms with Gasteiger partial charge in [-0.05, 0) is 52.7 Å². The molecule has 1 aromatic carbocycles. The lowest BCUT2D eigenvalue weighted by atomic mass is 10.2. The minimum Gasteiger partial charge on any atom is -0.398 e. The molecule has 0 aliphatic carbocycles. The van der Waals surface area contributed by atoms with Crippen molar-refractivity contribution >= 4 is 54.6 Å². The molecule has 2 N–H and O–H groups in total. The highest BCUT2D eigenvalue weighted by Gasteiger charge is 2.24. The van der Waals surface area contributed by atoms with E-state index in [4.69, 9.17) is 17.3 Å². The number of aryl methyl sites for hydroxylation is 1. The number of sulfonamides is 1. The Morgan fingerprint density at radius 1 is 1.38 bits per heavy atom. The van der Waals surface area contributed by atoms with Crippen LogP contribution in [0.3, 0.4) is 0 Å². The van der Waals surface area contributed by atoms with Crippen molar-refractivity contribution in [1.29, 1.82) is 0 Å². The summed E-state index contributed by atoms with van der Waals surface area (Å²) < 4.78 is 27.9. The molecular weight excluding hydrogens is 396 g/mol. The van der Waals surface area contributed by atoms with E-state index < -0.39 is 10.0 Å². The minimum absolute atomic E-state index is 0.216. The van der Waals surface area contributed by atoms with Gasteiger partial charge in [-0.15, -0.1) is 11.3 Å². The molecule has 1 heterocycles. The first kappa shape index (κ1) is 16.8. The number of nitrogens with zero attached hydrogens (tertiary/aromatic N) is 1. The van der Waals surface area contributed by atoms with E-state index in [0.717, 1.165) is 4.88 Å². The van der Waals surface area contributed by atoms with E-state index in [-0.39, 0.29) is 11.4 Å². The fourth-order valence-corrected chi connectivity index (χ4v) is 4.92. The predicted octanol–water partition coefficient (Wildman–Crippen LogP) is 3.88. The lowest BCUT2D eigenvalue weighted by Crippen LogP contribution is -2.26. The lowest BCUT2D eigenvalue weighted by Gasteiger charge is -2.18. The van der Waals surface area contributed by atoms with E-state index in [9.17, 15) is 8.42 Å². The van der Waals surface area contributed by atoms with Gasteiger partial charge in [0, 0.05) is 28.6 Å². The summed E-state index contributed by atoms with van der Waals surface area (Å²) in [5, 5.41) is 0. The molecule has 4 nitrogen and oxygen atoms in total. The number of hydrogen-bond acceptors (Lipinski definition) is 4. The van der Waals surface area contributed by atoms with Crippen LogP contribution in [0.4, 0.5) is 5.69 Å². The summed E-state index contributed by atoms with van der Waals surface area (Å²) in [5.74, 6) is 0. The van der Waals surface area contributed by atoms with Crippen molar-refractivity contribution in [2.24, 2.45) is 0 Å². The number of thiophene rings is 1. The standard InChI is InChI=1S/C13H14BrClN2O2S2/c1-8-5-10(14)11(16)6-12(8)21(18,19)17(2)7-9-3-4-13(15)20-9/h3-6H,7,16H2,1-2H3. The third-order valence-electron chi connectivity index (χ3n) is 2.99. The van der Waals surface area contributed by atoms with Crippen LogP contribution in [0.5, 0.6) is 0 Å². The van der Waals surface area contributed by atoms with Crippen LogP contribution in [0, 0.1) is 6.92 Å². The Morgan fingerprint density at radius 2 is 2.05 bits per heavy atom. The Labute approximate surface area is 141 Å². The molecule has 8 heteroatoms. The number of nitrogen functional groups attached to an aromatic ring is 1. The lowest BCUT2D eigenvalue weighted by molar-refractivity contribution is 0.469. The van der Waals surface area contributed by atoms with Gasteiger partial charge in [0.1, 0.15) is 0 Å². The summed E-state index contributed by atoms with van der Waals surface area (Å²) in [6.07, 6.45) is 0. The minimum atomic E-state index is -3.60. The normalized spacial score (nSPS) is 12.0. The number of rotatable bonds is 4. The third kappa shape index (κ3) is 3.60. The summed E-state index contributed by atoms with van der Waals surface area (Å²) in [6, 6.07) is 6.76. The second kappa shape index (κ2) is 6.26.